The van der Waals surface area contributed by atoms with E-state index in [1.165, 1.54) is 10.8 Å². The van der Waals surface area contributed by atoms with E-state index < -0.39 is 0 Å². The van der Waals surface area contributed by atoms with Gasteiger partial charge in [0.25, 0.3) is 0 Å². The summed E-state index contributed by atoms with van der Waals surface area (Å²) in [6.07, 6.45) is 3.56. The molecule has 1 aromatic heterocycles. The third kappa shape index (κ3) is 6.07. The number of amidine groups is 1. The predicted molar refractivity (Wildman–Crippen MR) is 190 cm³/mol. The van der Waals surface area contributed by atoms with Crippen molar-refractivity contribution in [3.63, 3.8) is 0 Å². The first kappa shape index (κ1) is 28.6. The van der Waals surface area contributed by atoms with Crippen LogP contribution < -0.4 is 5.73 Å². The van der Waals surface area contributed by atoms with Crippen molar-refractivity contribution in [2.75, 3.05) is 0 Å². The minimum atomic E-state index is 0.502. The second kappa shape index (κ2) is 12.8. The van der Waals surface area contributed by atoms with Gasteiger partial charge < -0.3 is 5.73 Å². The molecule has 220 valence electrons. The first-order valence-corrected chi connectivity index (χ1v) is 15.2. The molecule has 0 spiro atoms. The summed E-state index contributed by atoms with van der Waals surface area (Å²) in [6, 6.07) is 49.8. The van der Waals surface area contributed by atoms with Gasteiger partial charge in [0.1, 0.15) is 5.84 Å². The first-order valence-electron chi connectivity index (χ1n) is 15.2. The Labute approximate surface area is 268 Å². The molecule has 1 heterocycles. The van der Waals surface area contributed by atoms with Crippen LogP contribution in [0.15, 0.2) is 163 Å². The molecule has 46 heavy (non-hydrogen) atoms. The zero-order valence-corrected chi connectivity index (χ0v) is 25.4. The van der Waals surface area contributed by atoms with Crippen molar-refractivity contribution in [3.05, 3.63) is 163 Å². The van der Waals surface area contributed by atoms with Crippen molar-refractivity contribution in [2.24, 2.45) is 10.7 Å². The monoisotopic (exact) mass is 593 g/mol. The molecule has 5 heteroatoms. The van der Waals surface area contributed by atoms with Crippen LogP contribution in [0.25, 0.3) is 67.2 Å². The number of hydrogen-bond acceptors (Lipinski definition) is 4. The van der Waals surface area contributed by atoms with E-state index in [0.717, 1.165) is 44.5 Å². The molecule has 0 saturated heterocycles. The Kier molecular flexibility index (Phi) is 7.95. The van der Waals surface area contributed by atoms with Crippen LogP contribution in [-0.2, 0) is 0 Å². The molecule has 0 aliphatic heterocycles. The van der Waals surface area contributed by atoms with E-state index in [9.17, 15) is 0 Å². The molecule has 0 unspecified atom stereocenters. The van der Waals surface area contributed by atoms with Gasteiger partial charge in [-0.2, -0.15) is 0 Å². The van der Waals surface area contributed by atoms with Crippen LogP contribution in [0.5, 0.6) is 0 Å². The van der Waals surface area contributed by atoms with Gasteiger partial charge in [-0.25, -0.2) is 19.9 Å². The van der Waals surface area contributed by atoms with Crippen molar-refractivity contribution >= 4 is 16.6 Å². The van der Waals surface area contributed by atoms with Crippen LogP contribution in [0.4, 0.5) is 0 Å². The maximum atomic E-state index is 6.11. The molecule has 6 aromatic carbocycles. The van der Waals surface area contributed by atoms with Crippen molar-refractivity contribution in [3.8, 4) is 56.4 Å². The fraction of sp³-hybridized carbons (Fsp3) is 0.0244. The van der Waals surface area contributed by atoms with Crippen molar-refractivity contribution in [1.29, 1.82) is 0 Å². The predicted octanol–water partition coefficient (Wildman–Crippen LogP) is 9.60. The fourth-order valence-corrected chi connectivity index (χ4v) is 5.42. The summed E-state index contributed by atoms with van der Waals surface area (Å²) in [5, 5.41) is 2.37. The van der Waals surface area contributed by atoms with Crippen LogP contribution in [0, 0.1) is 0 Å². The Hall–Kier alpha value is -6.20. The molecule has 0 saturated carbocycles. The van der Waals surface area contributed by atoms with E-state index in [1.807, 2.05) is 85.8 Å². The summed E-state index contributed by atoms with van der Waals surface area (Å²) in [6.45, 7) is 1.92. The molecular weight excluding hydrogens is 562 g/mol. The summed E-state index contributed by atoms with van der Waals surface area (Å²) >= 11 is 0. The topological polar surface area (TPSA) is 77.0 Å². The molecule has 0 bridgehead atoms. The van der Waals surface area contributed by atoms with Gasteiger partial charge in [0, 0.05) is 28.5 Å². The van der Waals surface area contributed by atoms with E-state index in [1.54, 1.807) is 6.20 Å². The van der Waals surface area contributed by atoms with Crippen LogP contribution in [-0.4, -0.2) is 20.8 Å². The molecule has 7 rings (SSSR count). The lowest BCUT2D eigenvalue weighted by molar-refractivity contribution is 1.07. The van der Waals surface area contributed by atoms with E-state index in [2.05, 4.69) is 77.8 Å². The number of hydrogen-bond donors (Lipinski definition) is 1. The Morgan fingerprint density at radius 2 is 0.891 bits per heavy atom. The Morgan fingerprint density at radius 1 is 0.478 bits per heavy atom. The van der Waals surface area contributed by atoms with Gasteiger partial charge >= 0.3 is 0 Å². The van der Waals surface area contributed by atoms with Crippen molar-refractivity contribution < 1.29 is 0 Å². The quantitative estimate of drug-likeness (QED) is 0.147. The maximum absolute atomic E-state index is 6.11. The second-order valence-electron chi connectivity index (χ2n) is 11.0. The van der Waals surface area contributed by atoms with Crippen molar-refractivity contribution in [2.45, 2.75) is 6.92 Å². The second-order valence-corrected chi connectivity index (χ2v) is 11.0. The van der Waals surface area contributed by atoms with Gasteiger partial charge in [0.05, 0.1) is 0 Å². The van der Waals surface area contributed by atoms with Gasteiger partial charge in [-0.15, -0.1) is 0 Å². The molecule has 5 nitrogen and oxygen atoms in total. The lowest BCUT2D eigenvalue weighted by Crippen LogP contribution is -2.12. The summed E-state index contributed by atoms with van der Waals surface area (Å²) < 4.78 is 0. The third-order valence-corrected chi connectivity index (χ3v) is 7.89. The normalized spacial score (nSPS) is 11.7. The highest BCUT2D eigenvalue weighted by Crippen LogP contribution is 2.31. The summed E-state index contributed by atoms with van der Waals surface area (Å²) in [7, 11) is 0. The molecule has 7 aromatic rings. The largest absolute Gasteiger partial charge is 0.383 e. The highest BCUT2D eigenvalue weighted by atomic mass is 15.0. The fourth-order valence-electron chi connectivity index (χ4n) is 5.42. The lowest BCUT2D eigenvalue weighted by atomic mass is 9.96. The summed E-state index contributed by atoms with van der Waals surface area (Å²) in [5.74, 6) is 2.45. The highest BCUT2D eigenvalue weighted by Gasteiger charge is 2.12. The van der Waals surface area contributed by atoms with Gasteiger partial charge in [-0.3, -0.25) is 0 Å². The Morgan fingerprint density at radius 3 is 1.37 bits per heavy atom. The standard InChI is InChI=1S/C41H31N5/c1-2-25-43-38(42)31-19-13-28(14-20-31)35-23-17-30-18-24-36(27-37(30)26-35)29-15-21-34(22-16-29)41-45-39(32-9-5-3-6-10-32)44-40(46-41)33-11-7-4-8-12-33/h2-27H,1H3,(H2,42,43)/b25-2-. The van der Waals surface area contributed by atoms with Crippen LogP contribution in [0.1, 0.15) is 12.5 Å². The average molecular weight is 594 g/mol. The molecule has 0 fully saturated rings. The lowest BCUT2D eigenvalue weighted by Gasteiger charge is -2.10. The number of nitrogens with two attached hydrogens (primary N) is 1. The Bertz CT molecular complexity index is 2130. The number of benzene rings is 6. The van der Waals surface area contributed by atoms with Gasteiger partial charge in [0.15, 0.2) is 17.5 Å². The number of rotatable bonds is 7. The molecule has 2 N–H and O–H groups in total. The minimum absolute atomic E-state index is 0.502. The maximum Gasteiger partial charge on any atom is 0.164 e. The molecular formula is C41H31N5. The minimum Gasteiger partial charge on any atom is -0.383 e. The van der Waals surface area contributed by atoms with E-state index in [4.69, 9.17) is 20.7 Å². The van der Waals surface area contributed by atoms with Crippen LogP contribution in [0.2, 0.25) is 0 Å². The zero-order valence-electron chi connectivity index (χ0n) is 25.4. The number of nitrogens with zero attached hydrogens (tertiary/aromatic N) is 4. The first-order chi connectivity index (χ1) is 22.6. The van der Waals surface area contributed by atoms with Gasteiger partial charge in [-0.1, -0.05) is 140 Å². The number of fused-ring (bicyclic) bond motifs is 1. The van der Waals surface area contributed by atoms with Crippen molar-refractivity contribution in [1.82, 2.24) is 15.0 Å². The van der Waals surface area contributed by atoms with Gasteiger partial charge in [-0.05, 0) is 52.1 Å². The number of aromatic nitrogens is 3. The van der Waals surface area contributed by atoms with Gasteiger partial charge in [0.2, 0.25) is 0 Å². The van der Waals surface area contributed by atoms with E-state index >= 15 is 0 Å². The van der Waals surface area contributed by atoms with E-state index in [0.29, 0.717) is 23.3 Å². The highest BCUT2D eigenvalue weighted by molar-refractivity contribution is 5.98. The number of allylic oxidation sites excluding steroid dienone is 1. The van der Waals surface area contributed by atoms with E-state index in [-0.39, 0.29) is 0 Å². The Balaban J connectivity index is 1.19. The molecule has 0 aliphatic carbocycles. The summed E-state index contributed by atoms with van der Waals surface area (Å²) in [4.78, 5) is 18.8. The zero-order chi connectivity index (χ0) is 31.3. The SMILES string of the molecule is C/C=C\N=C(/N)c1ccc(-c2ccc3ccc(-c4ccc(-c5nc(-c6ccccc6)nc(-c6ccccc6)n5)cc4)cc3c2)cc1. The molecule has 0 atom stereocenters. The van der Waals surface area contributed by atoms with Crippen LogP contribution >= 0.6 is 0 Å². The third-order valence-electron chi connectivity index (χ3n) is 7.89. The molecule has 0 amide bonds. The smallest absolute Gasteiger partial charge is 0.164 e. The molecule has 0 aliphatic rings. The summed E-state index contributed by atoms with van der Waals surface area (Å²) in [5.41, 5.74) is 14.4. The van der Waals surface area contributed by atoms with Crippen LogP contribution in [0.3, 0.4) is 0 Å². The number of aliphatic imine (C=N–C) groups is 1. The molecule has 0 radical (unpaired) electrons. The average Bonchev–Trinajstić information content (AvgIpc) is 3.14.